The van der Waals surface area contributed by atoms with Gasteiger partial charge in [-0.25, -0.2) is 9.37 Å². The molecule has 3 heterocycles. The highest BCUT2D eigenvalue weighted by Crippen LogP contribution is 2.34. The standard InChI is InChI=1S/C16H20FN5O2S/c1-21(2)25(23,24)22-9-3-4-15(22)14-7-6-13(11-18-14)20-16-8-5-12(17)10-19-16/h5-8,10-11,15H,3-4,9H2,1-2H3,(H,19,20)/t15-/m1/s1. The van der Waals surface area contributed by atoms with E-state index in [1.165, 1.54) is 34.8 Å². The van der Waals surface area contributed by atoms with Gasteiger partial charge in [0.15, 0.2) is 0 Å². The monoisotopic (exact) mass is 365 g/mol. The van der Waals surface area contributed by atoms with Crippen LogP contribution in [0.3, 0.4) is 0 Å². The Morgan fingerprint density at radius 1 is 1.20 bits per heavy atom. The highest BCUT2D eigenvalue weighted by atomic mass is 32.2. The van der Waals surface area contributed by atoms with Crippen molar-refractivity contribution in [2.75, 3.05) is 26.0 Å². The summed E-state index contributed by atoms with van der Waals surface area (Å²) in [7, 11) is -0.414. The molecule has 0 bridgehead atoms. The minimum atomic E-state index is -3.47. The van der Waals surface area contributed by atoms with Crippen molar-refractivity contribution in [2.24, 2.45) is 0 Å². The topological polar surface area (TPSA) is 78.4 Å². The summed E-state index contributed by atoms with van der Waals surface area (Å²) in [5.74, 6) is 0.107. The molecule has 7 nitrogen and oxygen atoms in total. The van der Waals surface area contributed by atoms with Crippen LogP contribution in [0.25, 0.3) is 0 Å². The Labute approximate surface area is 146 Å². The second kappa shape index (κ2) is 7.03. The second-order valence-electron chi connectivity index (χ2n) is 6.02. The zero-order chi connectivity index (χ0) is 18.0. The van der Waals surface area contributed by atoms with E-state index < -0.39 is 16.0 Å². The molecule has 0 spiro atoms. The van der Waals surface area contributed by atoms with Gasteiger partial charge in [0, 0.05) is 20.6 Å². The Balaban J connectivity index is 1.76. The highest BCUT2D eigenvalue weighted by Gasteiger charge is 2.37. The molecule has 9 heteroatoms. The number of nitrogens with zero attached hydrogens (tertiary/aromatic N) is 4. The van der Waals surface area contributed by atoms with Crippen LogP contribution in [0.5, 0.6) is 0 Å². The van der Waals surface area contributed by atoms with Gasteiger partial charge in [-0.05, 0) is 37.1 Å². The molecule has 2 aromatic heterocycles. The average molecular weight is 365 g/mol. The maximum atomic E-state index is 12.9. The lowest BCUT2D eigenvalue weighted by molar-refractivity contribution is 0.358. The third-order valence-corrected chi connectivity index (χ3v) is 6.04. The van der Waals surface area contributed by atoms with E-state index in [0.29, 0.717) is 23.7 Å². The van der Waals surface area contributed by atoms with E-state index in [1.54, 1.807) is 12.3 Å². The van der Waals surface area contributed by atoms with Crippen LogP contribution < -0.4 is 5.32 Å². The lowest BCUT2D eigenvalue weighted by atomic mass is 10.1. The van der Waals surface area contributed by atoms with E-state index in [4.69, 9.17) is 0 Å². The maximum absolute atomic E-state index is 12.9. The molecule has 3 rings (SSSR count). The number of anilines is 2. The van der Waals surface area contributed by atoms with Crippen molar-refractivity contribution in [3.05, 3.63) is 48.2 Å². The van der Waals surface area contributed by atoms with E-state index in [1.807, 2.05) is 6.07 Å². The fraction of sp³-hybridized carbons (Fsp3) is 0.375. The van der Waals surface area contributed by atoms with Crippen LogP contribution in [0.15, 0.2) is 36.7 Å². The Morgan fingerprint density at radius 2 is 2.00 bits per heavy atom. The molecule has 0 aromatic carbocycles. The molecule has 0 amide bonds. The van der Waals surface area contributed by atoms with Crippen molar-refractivity contribution in [3.8, 4) is 0 Å². The molecule has 1 fully saturated rings. The predicted molar refractivity (Wildman–Crippen MR) is 93.0 cm³/mol. The van der Waals surface area contributed by atoms with Crippen molar-refractivity contribution in [1.82, 2.24) is 18.6 Å². The van der Waals surface area contributed by atoms with E-state index in [0.717, 1.165) is 19.0 Å². The van der Waals surface area contributed by atoms with Gasteiger partial charge in [0.05, 0.1) is 29.8 Å². The normalized spacial score (nSPS) is 18.6. The summed E-state index contributed by atoms with van der Waals surface area (Å²) in [6.07, 6.45) is 4.30. The van der Waals surface area contributed by atoms with Gasteiger partial charge < -0.3 is 5.32 Å². The molecule has 1 aliphatic heterocycles. The Kier molecular flexibility index (Phi) is 4.98. The highest BCUT2D eigenvalue weighted by molar-refractivity contribution is 7.86. The largest absolute Gasteiger partial charge is 0.339 e. The molecule has 1 N–H and O–H groups in total. The summed E-state index contributed by atoms with van der Waals surface area (Å²) >= 11 is 0. The van der Waals surface area contributed by atoms with E-state index >= 15 is 0 Å². The van der Waals surface area contributed by atoms with Crippen molar-refractivity contribution >= 4 is 21.7 Å². The van der Waals surface area contributed by atoms with Crippen molar-refractivity contribution in [3.63, 3.8) is 0 Å². The molecular weight excluding hydrogens is 345 g/mol. The molecule has 0 unspecified atom stereocenters. The van der Waals surface area contributed by atoms with Crippen LogP contribution in [0.1, 0.15) is 24.6 Å². The van der Waals surface area contributed by atoms with Crippen LogP contribution in [-0.2, 0) is 10.2 Å². The number of aromatic nitrogens is 2. The summed E-state index contributed by atoms with van der Waals surface area (Å²) in [5, 5.41) is 3.03. The average Bonchev–Trinajstić information content (AvgIpc) is 3.08. The smallest absolute Gasteiger partial charge is 0.282 e. The maximum Gasteiger partial charge on any atom is 0.282 e. The van der Waals surface area contributed by atoms with E-state index in [-0.39, 0.29) is 6.04 Å². The molecule has 1 saturated heterocycles. The van der Waals surface area contributed by atoms with Gasteiger partial charge >= 0.3 is 0 Å². The molecule has 0 aliphatic carbocycles. The van der Waals surface area contributed by atoms with Crippen LogP contribution in [-0.4, -0.2) is 47.6 Å². The van der Waals surface area contributed by atoms with Crippen LogP contribution >= 0.6 is 0 Å². The predicted octanol–water partition coefficient (Wildman–Crippen LogP) is 2.30. The van der Waals surface area contributed by atoms with Crippen molar-refractivity contribution in [1.29, 1.82) is 0 Å². The van der Waals surface area contributed by atoms with Crippen LogP contribution in [0, 0.1) is 5.82 Å². The van der Waals surface area contributed by atoms with E-state index in [2.05, 4.69) is 15.3 Å². The number of hydrogen-bond donors (Lipinski definition) is 1. The minimum absolute atomic E-state index is 0.259. The molecule has 2 aromatic rings. The van der Waals surface area contributed by atoms with Crippen molar-refractivity contribution in [2.45, 2.75) is 18.9 Å². The summed E-state index contributed by atoms with van der Waals surface area (Å²) in [4.78, 5) is 8.34. The summed E-state index contributed by atoms with van der Waals surface area (Å²) in [5.41, 5.74) is 1.41. The minimum Gasteiger partial charge on any atom is -0.339 e. The number of hydrogen-bond acceptors (Lipinski definition) is 5. The van der Waals surface area contributed by atoms with Crippen LogP contribution in [0.4, 0.5) is 15.9 Å². The van der Waals surface area contributed by atoms with Gasteiger partial charge in [-0.3, -0.25) is 4.98 Å². The van der Waals surface area contributed by atoms with Gasteiger partial charge in [0.1, 0.15) is 11.6 Å². The van der Waals surface area contributed by atoms with Crippen molar-refractivity contribution < 1.29 is 12.8 Å². The molecule has 1 aliphatic rings. The third-order valence-electron chi connectivity index (χ3n) is 4.09. The second-order valence-corrected chi connectivity index (χ2v) is 8.11. The summed E-state index contributed by atoms with van der Waals surface area (Å²) in [6.45, 7) is 0.492. The molecule has 1 atom stereocenters. The lowest BCUT2D eigenvalue weighted by Crippen LogP contribution is -2.39. The molecule has 134 valence electrons. The number of rotatable bonds is 5. The first kappa shape index (κ1) is 17.7. The lowest BCUT2D eigenvalue weighted by Gasteiger charge is -2.26. The number of nitrogens with one attached hydrogen (secondary N) is 1. The Morgan fingerprint density at radius 3 is 2.60 bits per heavy atom. The SMILES string of the molecule is CN(C)S(=O)(=O)N1CCC[C@@H]1c1ccc(Nc2ccc(F)cn2)cn1. The van der Waals surface area contributed by atoms with E-state index in [9.17, 15) is 12.8 Å². The number of halogens is 1. The van der Waals surface area contributed by atoms with Gasteiger partial charge in [0.25, 0.3) is 10.2 Å². The quantitative estimate of drug-likeness (QED) is 0.880. The first-order valence-electron chi connectivity index (χ1n) is 7.92. The molecular formula is C16H20FN5O2S. The van der Waals surface area contributed by atoms with Gasteiger partial charge in [-0.2, -0.15) is 17.0 Å². The Bertz CT molecular complexity index is 825. The first-order chi connectivity index (χ1) is 11.9. The zero-order valence-corrected chi connectivity index (χ0v) is 14.9. The van der Waals surface area contributed by atoms with Crippen LogP contribution in [0.2, 0.25) is 0 Å². The summed E-state index contributed by atoms with van der Waals surface area (Å²) in [6, 6.07) is 6.21. The van der Waals surface area contributed by atoms with Gasteiger partial charge in [0.2, 0.25) is 0 Å². The first-order valence-corrected chi connectivity index (χ1v) is 9.31. The third kappa shape index (κ3) is 3.78. The zero-order valence-electron chi connectivity index (χ0n) is 14.1. The Hall–Kier alpha value is -2.10. The molecule has 25 heavy (non-hydrogen) atoms. The fourth-order valence-corrected chi connectivity index (χ4v) is 4.11. The molecule has 0 radical (unpaired) electrons. The van der Waals surface area contributed by atoms with Gasteiger partial charge in [-0.15, -0.1) is 0 Å². The van der Waals surface area contributed by atoms with Gasteiger partial charge in [-0.1, -0.05) is 0 Å². The fourth-order valence-electron chi connectivity index (χ4n) is 2.80. The molecule has 0 saturated carbocycles. The summed E-state index contributed by atoms with van der Waals surface area (Å²) < 4.78 is 40.4. The number of pyridine rings is 2.